The SMILES string of the molecule is CN1CCC(C)(C(=O)Nc2cnc3ccccc3c2)C1. The first-order chi connectivity index (χ1) is 9.57. The van der Waals surface area contributed by atoms with Crippen molar-refractivity contribution in [2.45, 2.75) is 13.3 Å². The fourth-order valence-corrected chi connectivity index (χ4v) is 2.80. The number of nitrogens with one attached hydrogen (secondary N) is 1. The highest BCUT2D eigenvalue weighted by Crippen LogP contribution is 2.30. The van der Waals surface area contributed by atoms with E-state index in [1.54, 1.807) is 6.20 Å². The number of hydrogen-bond donors (Lipinski definition) is 1. The first-order valence-corrected chi connectivity index (χ1v) is 6.92. The van der Waals surface area contributed by atoms with Crippen molar-refractivity contribution in [3.63, 3.8) is 0 Å². The summed E-state index contributed by atoms with van der Waals surface area (Å²) in [6.45, 7) is 3.81. The second kappa shape index (κ2) is 4.87. The number of anilines is 1. The van der Waals surface area contributed by atoms with Gasteiger partial charge in [0, 0.05) is 11.9 Å². The van der Waals surface area contributed by atoms with Crippen molar-refractivity contribution >= 4 is 22.5 Å². The van der Waals surface area contributed by atoms with Crippen molar-refractivity contribution in [2.75, 3.05) is 25.5 Å². The average molecular weight is 269 g/mol. The first kappa shape index (κ1) is 13.1. The third-order valence-electron chi connectivity index (χ3n) is 4.06. The molecule has 4 nitrogen and oxygen atoms in total. The van der Waals surface area contributed by atoms with Crippen LogP contribution < -0.4 is 5.32 Å². The van der Waals surface area contributed by atoms with Crippen molar-refractivity contribution in [1.29, 1.82) is 0 Å². The van der Waals surface area contributed by atoms with Crippen LogP contribution in [-0.2, 0) is 4.79 Å². The van der Waals surface area contributed by atoms with E-state index in [2.05, 4.69) is 22.2 Å². The minimum absolute atomic E-state index is 0.0823. The molecule has 1 aliphatic rings. The largest absolute Gasteiger partial charge is 0.324 e. The van der Waals surface area contributed by atoms with Crippen LogP contribution in [-0.4, -0.2) is 35.9 Å². The fourth-order valence-electron chi connectivity index (χ4n) is 2.80. The molecule has 1 unspecified atom stereocenters. The van der Waals surface area contributed by atoms with Crippen molar-refractivity contribution in [1.82, 2.24) is 9.88 Å². The highest BCUT2D eigenvalue weighted by atomic mass is 16.2. The van der Waals surface area contributed by atoms with Crippen LogP contribution in [0.15, 0.2) is 36.5 Å². The zero-order valence-electron chi connectivity index (χ0n) is 11.9. The Balaban J connectivity index is 1.80. The van der Waals surface area contributed by atoms with Crippen molar-refractivity contribution in [3.05, 3.63) is 36.5 Å². The molecule has 3 rings (SSSR count). The van der Waals surface area contributed by atoms with Crippen LogP contribution in [0.1, 0.15) is 13.3 Å². The molecule has 1 fully saturated rings. The number of rotatable bonds is 2. The second-order valence-corrected chi connectivity index (χ2v) is 5.92. The van der Waals surface area contributed by atoms with E-state index in [4.69, 9.17) is 0 Å². The smallest absolute Gasteiger partial charge is 0.231 e. The van der Waals surface area contributed by atoms with Gasteiger partial charge in [-0.15, -0.1) is 0 Å². The maximum absolute atomic E-state index is 12.5. The second-order valence-electron chi connectivity index (χ2n) is 5.92. The minimum Gasteiger partial charge on any atom is -0.324 e. The van der Waals surface area contributed by atoms with Gasteiger partial charge in [-0.1, -0.05) is 18.2 Å². The van der Waals surface area contributed by atoms with Gasteiger partial charge in [-0.05, 0) is 39.1 Å². The van der Waals surface area contributed by atoms with E-state index in [0.29, 0.717) is 0 Å². The van der Waals surface area contributed by atoms with Crippen molar-refractivity contribution in [3.8, 4) is 0 Å². The molecule has 20 heavy (non-hydrogen) atoms. The molecule has 0 aliphatic carbocycles. The molecule has 104 valence electrons. The molecule has 4 heteroatoms. The Morgan fingerprint density at radius 3 is 2.95 bits per heavy atom. The number of pyridine rings is 1. The number of nitrogens with zero attached hydrogens (tertiary/aromatic N) is 2. The quantitative estimate of drug-likeness (QED) is 0.911. The van der Waals surface area contributed by atoms with E-state index in [9.17, 15) is 4.79 Å². The first-order valence-electron chi connectivity index (χ1n) is 6.92. The Morgan fingerprint density at radius 1 is 1.40 bits per heavy atom. The molecule has 0 radical (unpaired) electrons. The van der Waals surface area contributed by atoms with Crippen LogP contribution in [0.25, 0.3) is 10.9 Å². The monoisotopic (exact) mass is 269 g/mol. The Morgan fingerprint density at radius 2 is 2.20 bits per heavy atom. The molecule has 1 aliphatic heterocycles. The Hall–Kier alpha value is -1.94. The predicted molar refractivity (Wildman–Crippen MR) is 80.6 cm³/mol. The summed E-state index contributed by atoms with van der Waals surface area (Å²) in [6.07, 6.45) is 2.62. The van der Waals surface area contributed by atoms with Gasteiger partial charge < -0.3 is 10.2 Å². The van der Waals surface area contributed by atoms with E-state index in [1.165, 1.54) is 0 Å². The highest BCUT2D eigenvalue weighted by molar-refractivity contribution is 5.96. The van der Waals surface area contributed by atoms with Crippen LogP contribution in [0.4, 0.5) is 5.69 Å². The maximum atomic E-state index is 12.5. The molecular formula is C16H19N3O. The molecule has 1 aromatic carbocycles. The van der Waals surface area contributed by atoms with Crippen LogP contribution in [0.5, 0.6) is 0 Å². The number of amides is 1. The molecule has 0 saturated carbocycles. The van der Waals surface area contributed by atoms with Gasteiger partial charge >= 0.3 is 0 Å². The molecule has 2 heterocycles. The maximum Gasteiger partial charge on any atom is 0.231 e. The van der Waals surface area contributed by atoms with E-state index in [0.717, 1.165) is 36.1 Å². The average Bonchev–Trinajstić information content (AvgIpc) is 2.80. The van der Waals surface area contributed by atoms with E-state index >= 15 is 0 Å². The summed E-state index contributed by atoms with van der Waals surface area (Å²) >= 11 is 0. The summed E-state index contributed by atoms with van der Waals surface area (Å²) in [7, 11) is 2.05. The number of carbonyl (C=O) groups excluding carboxylic acids is 1. The topological polar surface area (TPSA) is 45.2 Å². The summed E-state index contributed by atoms with van der Waals surface area (Å²) in [5.41, 5.74) is 1.40. The normalized spacial score (nSPS) is 23.1. The van der Waals surface area contributed by atoms with Crippen molar-refractivity contribution in [2.24, 2.45) is 5.41 Å². The lowest BCUT2D eigenvalue weighted by molar-refractivity contribution is -0.124. The Bertz CT molecular complexity index is 655. The van der Waals surface area contributed by atoms with Gasteiger partial charge in [0.05, 0.1) is 22.8 Å². The van der Waals surface area contributed by atoms with E-state index in [-0.39, 0.29) is 11.3 Å². The van der Waals surface area contributed by atoms with Gasteiger partial charge in [-0.3, -0.25) is 9.78 Å². The number of likely N-dealkylation sites (tertiary alicyclic amines) is 1. The summed E-state index contributed by atoms with van der Waals surface area (Å²) in [6, 6.07) is 9.88. The standard InChI is InChI=1S/C16H19N3O/c1-16(7-8-19(2)11-16)15(20)18-13-9-12-5-3-4-6-14(12)17-10-13/h3-6,9-10H,7-8,11H2,1-2H3,(H,18,20). The van der Waals surface area contributed by atoms with Gasteiger partial charge in [0.15, 0.2) is 0 Å². The number of carbonyl (C=O) groups is 1. The third-order valence-corrected chi connectivity index (χ3v) is 4.06. The molecule has 1 N–H and O–H groups in total. The molecule has 2 aromatic rings. The third kappa shape index (κ3) is 2.39. The van der Waals surface area contributed by atoms with Gasteiger partial charge in [0.25, 0.3) is 0 Å². The van der Waals surface area contributed by atoms with Crippen LogP contribution in [0.3, 0.4) is 0 Å². The Labute approximate surface area is 118 Å². The molecule has 1 saturated heterocycles. The van der Waals surface area contributed by atoms with Gasteiger partial charge in [0.2, 0.25) is 5.91 Å². The lowest BCUT2D eigenvalue weighted by Crippen LogP contribution is -2.35. The lowest BCUT2D eigenvalue weighted by Gasteiger charge is -2.22. The molecule has 1 atom stereocenters. The van der Waals surface area contributed by atoms with Gasteiger partial charge in [0.1, 0.15) is 0 Å². The summed E-state index contributed by atoms with van der Waals surface area (Å²) in [5.74, 6) is 0.0823. The lowest BCUT2D eigenvalue weighted by atomic mass is 9.88. The number of aromatic nitrogens is 1. The molecule has 1 aromatic heterocycles. The van der Waals surface area contributed by atoms with Gasteiger partial charge in [-0.25, -0.2) is 0 Å². The summed E-state index contributed by atoms with van der Waals surface area (Å²) in [4.78, 5) is 19.0. The van der Waals surface area contributed by atoms with Crippen LogP contribution >= 0.6 is 0 Å². The van der Waals surface area contributed by atoms with Crippen LogP contribution in [0.2, 0.25) is 0 Å². The number of hydrogen-bond acceptors (Lipinski definition) is 3. The summed E-state index contributed by atoms with van der Waals surface area (Å²) < 4.78 is 0. The molecule has 0 bridgehead atoms. The summed E-state index contributed by atoms with van der Waals surface area (Å²) in [5, 5.41) is 4.05. The minimum atomic E-state index is -0.305. The highest BCUT2D eigenvalue weighted by Gasteiger charge is 2.38. The zero-order chi connectivity index (χ0) is 14.2. The number of benzene rings is 1. The predicted octanol–water partition coefficient (Wildman–Crippen LogP) is 2.52. The van der Waals surface area contributed by atoms with Gasteiger partial charge in [-0.2, -0.15) is 0 Å². The number of fused-ring (bicyclic) bond motifs is 1. The Kier molecular flexibility index (Phi) is 3.18. The molecular weight excluding hydrogens is 250 g/mol. The van der Waals surface area contributed by atoms with Crippen LogP contribution in [0, 0.1) is 5.41 Å². The molecule has 1 amide bonds. The zero-order valence-corrected chi connectivity index (χ0v) is 11.9. The van der Waals surface area contributed by atoms with E-state index < -0.39 is 0 Å². The van der Waals surface area contributed by atoms with Crippen molar-refractivity contribution < 1.29 is 4.79 Å². The number of para-hydroxylation sites is 1. The molecule has 0 spiro atoms. The fraction of sp³-hybridized carbons (Fsp3) is 0.375. The van der Waals surface area contributed by atoms with E-state index in [1.807, 2.05) is 37.3 Å².